The summed E-state index contributed by atoms with van der Waals surface area (Å²) in [6.07, 6.45) is 2.81. The van der Waals surface area contributed by atoms with Crippen LogP contribution in [-0.2, 0) is 12.8 Å². The molecule has 0 saturated carbocycles. The topological polar surface area (TPSA) is 20.3 Å². The summed E-state index contributed by atoms with van der Waals surface area (Å²) < 4.78 is 0. The van der Waals surface area contributed by atoms with Crippen molar-refractivity contribution in [1.82, 2.24) is 4.90 Å². The smallest absolute Gasteiger partial charge is 0.254 e. The van der Waals surface area contributed by atoms with Gasteiger partial charge < -0.3 is 4.90 Å². The van der Waals surface area contributed by atoms with E-state index in [4.69, 9.17) is 0 Å². The molecule has 27 heavy (non-hydrogen) atoms. The summed E-state index contributed by atoms with van der Waals surface area (Å²) in [7, 11) is 0. The predicted octanol–water partition coefficient (Wildman–Crippen LogP) is 5.39. The van der Waals surface area contributed by atoms with Gasteiger partial charge in [0.25, 0.3) is 5.91 Å². The molecule has 0 unspecified atom stereocenters. The van der Waals surface area contributed by atoms with Crippen LogP contribution in [0.5, 0.6) is 0 Å². The van der Waals surface area contributed by atoms with Gasteiger partial charge in [-0.25, -0.2) is 0 Å². The maximum atomic E-state index is 13.1. The standard InChI is InChI=1S/C25H27NO/c1-21(20-23-14-7-3-8-15-23)26(25(27)24-17-9-4-10-18-24)19-11-16-22-12-5-2-6-13-22/h2-10,12-15,17-18,21H,11,16,19-20H2,1H3/t21-/m1/s1. The quantitative estimate of drug-likeness (QED) is 0.529. The van der Waals surface area contributed by atoms with E-state index in [1.165, 1.54) is 11.1 Å². The average Bonchev–Trinajstić information content (AvgIpc) is 2.73. The lowest BCUT2D eigenvalue weighted by Gasteiger charge is -2.30. The van der Waals surface area contributed by atoms with Crippen LogP contribution in [0, 0.1) is 0 Å². The molecule has 2 heteroatoms. The minimum Gasteiger partial charge on any atom is -0.336 e. The molecule has 0 bridgehead atoms. The van der Waals surface area contributed by atoms with E-state index in [0.717, 1.165) is 31.4 Å². The van der Waals surface area contributed by atoms with Crippen molar-refractivity contribution in [3.8, 4) is 0 Å². The number of nitrogens with zero attached hydrogens (tertiary/aromatic N) is 1. The van der Waals surface area contributed by atoms with Crippen molar-refractivity contribution in [2.45, 2.75) is 32.2 Å². The van der Waals surface area contributed by atoms with Gasteiger partial charge in [0.1, 0.15) is 0 Å². The van der Waals surface area contributed by atoms with Crippen molar-refractivity contribution >= 4 is 5.91 Å². The Morgan fingerprint density at radius 3 is 1.89 bits per heavy atom. The molecule has 0 radical (unpaired) electrons. The van der Waals surface area contributed by atoms with E-state index in [9.17, 15) is 4.79 Å². The third-order valence-electron chi connectivity index (χ3n) is 4.89. The van der Waals surface area contributed by atoms with Crippen LogP contribution in [0.2, 0.25) is 0 Å². The summed E-state index contributed by atoms with van der Waals surface area (Å²) >= 11 is 0. The second kappa shape index (κ2) is 9.72. The first-order chi connectivity index (χ1) is 13.2. The number of hydrogen-bond donors (Lipinski definition) is 0. The van der Waals surface area contributed by atoms with E-state index >= 15 is 0 Å². The SMILES string of the molecule is C[C@H](Cc1ccccc1)N(CCCc1ccccc1)C(=O)c1ccccc1. The van der Waals surface area contributed by atoms with Crippen molar-refractivity contribution in [3.05, 3.63) is 108 Å². The lowest BCUT2D eigenvalue weighted by Crippen LogP contribution is -2.40. The van der Waals surface area contributed by atoms with Crippen LogP contribution in [0.4, 0.5) is 0 Å². The number of rotatable bonds is 8. The molecule has 2 nitrogen and oxygen atoms in total. The van der Waals surface area contributed by atoms with E-state index < -0.39 is 0 Å². The second-order valence-corrected chi connectivity index (χ2v) is 6.99. The first-order valence-electron chi connectivity index (χ1n) is 9.68. The third-order valence-corrected chi connectivity index (χ3v) is 4.89. The van der Waals surface area contributed by atoms with Crippen LogP contribution in [0.25, 0.3) is 0 Å². The third kappa shape index (κ3) is 5.55. The Morgan fingerprint density at radius 2 is 1.30 bits per heavy atom. The molecular weight excluding hydrogens is 330 g/mol. The predicted molar refractivity (Wildman–Crippen MR) is 112 cm³/mol. The molecule has 0 N–H and O–H groups in total. The Morgan fingerprint density at radius 1 is 0.778 bits per heavy atom. The van der Waals surface area contributed by atoms with Crippen molar-refractivity contribution < 1.29 is 4.79 Å². The molecule has 3 aromatic carbocycles. The Bertz CT molecular complexity index is 815. The Kier molecular flexibility index (Phi) is 6.81. The summed E-state index contributed by atoms with van der Waals surface area (Å²) in [5.74, 6) is 0.118. The maximum absolute atomic E-state index is 13.1. The monoisotopic (exact) mass is 357 g/mol. The average molecular weight is 357 g/mol. The van der Waals surface area contributed by atoms with Gasteiger partial charge in [0.2, 0.25) is 0 Å². The fourth-order valence-corrected chi connectivity index (χ4v) is 3.43. The number of carbonyl (C=O) groups is 1. The lowest BCUT2D eigenvalue weighted by atomic mass is 10.0. The highest BCUT2D eigenvalue weighted by atomic mass is 16.2. The van der Waals surface area contributed by atoms with Gasteiger partial charge in [-0.15, -0.1) is 0 Å². The van der Waals surface area contributed by atoms with Crippen LogP contribution in [0.1, 0.15) is 34.8 Å². The van der Waals surface area contributed by atoms with E-state index in [0.29, 0.717) is 0 Å². The molecule has 0 aliphatic carbocycles. The van der Waals surface area contributed by atoms with Gasteiger partial charge in [-0.3, -0.25) is 4.79 Å². The van der Waals surface area contributed by atoms with Crippen LogP contribution in [-0.4, -0.2) is 23.4 Å². The number of aryl methyl sites for hydroxylation is 1. The molecule has 0 saturated heterocycles. The molecule has 3 rings (SSSR count). The summed E-state index contributed by atoms with van der Waals surface area (Å²) in [6, 6.07) is 30.6. The molecule has 3 aromatic rings. The first-order valence-corrected chi connectivity index (χ1v) is 9.68. The fourth-order valence-electron chi connectivity index (χ4n) is 3.43. The largest absolute Gasteiger partial charge is 0.336 e. The Hall–Kier alpha value is -2.87. The summed E-state index contributed by atoms with van der Waals surface area (Å²) in [5.41, 5.74) is 3.34. The Labute approximate surface area is 162 Å². The minimum absolute atomic E-state index is 0.118. The van der Waals surface area contributed by atoms with E-state index in [1.54, 1.807) is 0 Å². The summed E-state index contributed by atoms with van der Waals surface area (Å²) in [6.45, 7) is 2.91. The Balaban J connectivity index is 1.70. The highest BCUT2D eigenvalue weighted by molar-refractivity contribution is 5.94. The van der Waals surface area contributed by atoms with Gasteiger partial charge in [0, 0.05) is 18.2 Å². The minimum atomic E-state index is 0.118. The molecular formula is C25H27NO. The highest BCUT2D eigenvalue weighted by Crippen LogP contribution is 2.15. The molecule has 0 heterocycles. The van der Waals surface area contributed by atoms with Gasteiger partial charge in [-0.1, -0.05) is 78.9 Å². The number of amides is 1. The van der Waals surface area contributed by atoms with Crippen molar-refractivity contribution in [2.75, 3.05) is 6.54 Å². The summed E-state index contributed by atoms with van der Waals surface area (Å²) in [5, 5.41) is 0. The van der Waals surface area contributed by atoms with E-state index in [2.05, 4.69) is 55.5 Å². The van der Waals surface area contributed by atoms with Crippen molar-refractivity contribution in [2.24, 2.45) is 0 Å². The second-order valence-electron chi connectivity index (χ2n) is 6.99. The molecule has 0 aromatic heterocycles. The zero-order chi connectivity index (χ0) is 18.9. The normalized spacial score (nSPS) is 11.7. The van der Waals surface area contributed by atoms with Gasteiger partial charge in [-0.05, 0) is 49.4 Å². The van der Waals surface area contributed by atoms with Gasteiger partial charge >= 0.3 is 0 Å². The van der Waals surface area contributed by atoms with E-state index in [1.807, 2.05) is 47.4 Å². The maximum Gasteiger partial charge on any atom is 0.254 e. The molecule has 0 fully saturated rings. The molecule has 1 atom stereocenters. The fraction of sp³-hybridized carbons (Fsp3) is 0.240. The van der Waals surface area contributed by atoms with Crippen molar-refractivity contribution in [3.63, 3.8) is 0 Å². The van der Waals surface area contributed by atoms with Crippen LogP contribution in [0.3, 0.4) is 0 Å². The summed E-state index contributed by atoms with van der Waals surface area (Å²) in [4.78, 5) is 15.2. The highest BCUT2D eigenvalue weighted by Gasteiger charge is 2.21. The van der Waals surface area contributed by atoms with Crippen molar-refractivity contribution in [1.29, 1.82) is 0 Å². The number of hydrogen-bond acceptors (Lipinski definition) is 1. The van der Waals surface area contributed by atoms with Gasteiger partial charge in [0.15, 0.2) is 0 Å². The van der Waals surface area contributed by atoms with Gasteiger partial charge in [-0.2, -0.15) is 0 Å². The van der Waals surface area contributed by atoms with Gasteiger partial charge in [0.05, 0.1) is 0 Å². The first kappa shape index (κ1) is 18.9. The number of carbonyl (C=O) groups excluding carboxylic acids is 1. The zero-order valence-corrected chi connectivity index (χ0v) is 15.9. The molecule has 0 aliphatic heterocycles. The lowest BCUT2D eigenvalue weighted by molar-refractivity contribution is 0.0689. The van der Waals surface area contributed by atoms with E-state index in [-0.39, 0.29) is 11.9 Å². The molecule has 0 spiro atoms. The molecule has 1 amide bonds. The van der Waals surface area contributed by atoms with Crippen LogP contribution >= 0.6 is 0 Å². The molecule has 138 valence electrons. The zero-order valence-electron chi connectivity index (χ0n) is 15.9. The number of benzene rings is 3. The molecule has 0 aliphatic rings. The van der Waals surface area contributed by atoms with Crippen LogP contribution < -0.4 is 0 Å². The van der Waals surface area contributed by atoms with Crippen LogP contribution in [0.15, 0.2) is 91.0 Å².